The molecule has 24 heavy (non-hydrogen) atoms. The van der Waals surface area contributed by atoms with Crippen LogP contribution in [0.15, 0.2) is 18.2 Å². The van der Waals surface area contributed by atoms with Crippen LogP contribution in [-0.2, 0) is 14.3 Å². The van der Waals surface area contributed by atoms with Gasteiger partial charge in [-0.25, -0.2) is 9.18 Å². The standard InChI is InChI=1S/C16H15FN2O5/c1-24-16(23)8-2-5-10(11(17)6-8)15(22)19(9-3-4-9)12-7-13(20)18-14(12)21/h2,5-6,9,12H,3-4,7H2,1H3,(H,18,20,21)/t12-/m1/s1. The summed E-state index contributed by atoms with van der Waals surface area (Å²) in [5.41, 5.74) is -0.264. The van der Waals surface area contributed by atoms with Gasteiger partial charge in [-0.15, -0.1) is 0 Å². The fourth-order valence-electron chi connectivity index (χ4n) is 2.75. The number of hydrogen-bond acceptors (Lipinski definition) is 5. The zero-order valence-corrected chi connectivity index (χ0v) is 12.9. The summed E-state index contributed by atoms with van der Waals surface area (Å²) in [6.07, 6.45) is 1.28. The number of ether oxygens (including phenoxy) is 1. The maximum atomic E-state index is 14.3. The first-order chi connectivity index (χ1) is 11.4. The SMILES string of the molecule is COC(=O)c1ccc(C(=O)N(C2CC2)[C@@H]2CC(=O)NC2=O)c(F)c1. The van der Waals surface area contributed by atoms with E-state index in [9.17, 15) is 23.6 Å². The first kappa shape index (κ1) is 16.1. The molecule has 0 radical (unpaired) electrons. The van der Waals surface area contributed by atoms with E-state index in [0.717, 1.165) is 6.07 Å². The lowest BCUT2D eigenvalue weighted by atomic mass is 10.1. The van der Waals surface area contributed by atoms with E-state index < -0.39 is 35.5 Å². The van der Waals surface area contributed by atoms with Gasteiger partial charge >= 0.3 is 5.97 Å². The second-order valence-corrected chi connectivity index (χ2v) is 5.76. The van der Waals surface area contributed by atoms with Crippen molar-refractivity contribution in [3.05, 3.63) is 35.1 Å². The van der Waals surface area contributed by atoms with Crippen LogP contribution in [0.5, 0.6) is 0 Å². The van der Waals surface area contributed by atoms with Crippen molar-refractivity contribution in [3.8, 4) is 0 Å². The number of imide groups is 1. The fraction of sp³-hybridized carbons (Fsp3) is 0.375. The van der Waals surface area contributed by atoms with Crippen LogP contribution in [-0.4, -0.2) is 47.8 Å². The number of carbonyl (C=O) groups excluding carboxylic acids is 4. The number of amides is 3. The number of nitrogens with zero attached hydrogens (tertiary/aromatic N) is 1. The molecule has 3 rings (SSSR count). The van der Waals surface area contributed by atoms with Crippen LogP contribution in [0.25, 0.3) is 0 Å². The van der Waals surface area contributed by atoms with Crippen molar-refractivity contribution in [2.75, 3.05) is 7.11 Å². The molecule has 7 nitrogen and oxygen atoms in total. The summed E-state index contributed by atoms with van der Waals surface area (Å²) in [4.78, 5) is 48.7. The van der Waals surface area contributed by atoms with Gasteiger partial charge in [0.1, 0.15) is 11.9 Å². The first-order valence-corrected chi connectivity index (χ1v) is 7.46. The van der Waals surface area contributed by atoms with Crippen molar-refractivity contribution in [3.63, 3.8) is 0 Å². The highest BCUT2D eigenvalue weighted by atomic mass is 19.1. The van der Waals surface area contributed by atoms with E-state index in [0.29, 0.717) is 12.8 Å². The Morgan fingerprint density at radius 1 is 1.29 bits per heavy atom. The van der Waals surface area contributed by atoms with Crippen LogP contribution in [0.3, 0.4) is 0 Å². The number of benzene rings is 1. The van der Waals surface area contributed by atoms with E-state index in [1.807, 2.05) is 0 Å². The van der Waals surface area contributed by atoms with Crippen LogP contribution in [0, 0.1) is 5.82 Å². The summed E-state index contributed by atoms with van der Waals surface area (Å²) >= 11 is 0. The van der Waals surface area contributed by atoms with Gasteiger partial charge < -0.3 is 9.64 Å². The van der Waals surface area contributed by atoms with Crippen molar-refractivity contribution in [2.45, 2.75) is 31.3 Å². The summed E-state index contributed by atoms with van der Waals surface area (Å²) in [6, 6.07) is 2.29. The molecule has 1 atom stereocenters. The molecule has 1 aromatic carbocycles. The van der Waals surface area contributed by atoms with Crippen molar-refractivity contribution in [1.29, 1.82) is 0 Å². The Morgan fingerprint density at radius 2 is 2.00 bits per heavy atom. The molecule has 1 aromatic rings. The molecule has 1 aliphatic heterocycles. The zero-order chi connectivity index (χ0) is 17.4. The number of nitrogens with one attached hydrogen (secondary N) is 1. The molecule has 1 saturated carbocycles. The molecular formula is C16H15FN2O5. The minimum atomic E-state index is -0.919. The second kappa shape index (κ2) is 6.03. The van der Waals surface area contributed by atoms with Crippen LogP contribution in [0.2, 0.25) is 0 Å². The summed E-state index contributed by atoms with van der Waals surface area (Å²) in [7, 11) is 1.17. The van der Waals surface area contributed by atoms with Gasteiger partial charge in [0.05, 0.1) is 24.7 Å². The third-order valence-electron chi connectivity index (χ3n) is 4.08. The first-order valence-electron chi connectivity index (χ1n) is 7.46. The second-order valence-electron chi connectivity index (χ2n) is 5.76. The number of carbonyl (C=O) groups is 4. The smallest absolute Gasteiger partial charge is 0.337 e. The summed E-state index contributed by atoms with van der Waals surface area (Å²) < 4.78 is 18.8. The molecule has 0 unspecified atom stereocenters. The Balaban J connectivity index is 1.90. The molecular weight excluding hydrogens is 319 g/mol. The van der Waals surface area contributed by atoms with Gasteiger partial charge in [-0.1, -0.05) is 0 Å². The predicted octanol–water partition coefficient (Wildman–Crippen LogP) is 0.632. The maximum absolute atomic E-state index is 14.3. The highest BCUT2D eigenvalue weighted by Gasteiger charge is 2.45. The van der Waals surface area contributed by atoms with Crippen molar-refractivity contribution in [2.24, 2.45) is 0 Å². The van der Waals surface area contributed by atoms with E-state index in [2.05, 4.69) is 10.1 Å². The lowest BCUT2D eigenvalue weighted by Gasteiger charge is -2.27. The van der Waals surface area contributed by atoms with Gasteiger partial charge in [0.25, 0.3) is 5.91 Å². The summed E-state index contributed by atoms with van der Waals surface area (Å²) in [5, 5.41) is 2.16. The normalized spacial score (nSPS) is 19.8. The molecule has 2 fully saturated rings. The quantitative estimate of drug-likeness (QED) is 0.644. The van der Waals surface area contributed by atoms with Crippen LogP contribution in [0.4, 0.5) is 4.39 Å². The van der Waals surface area contributed by atoms with E-state index in [1.54, 1.807) is 0 Å². The maximum Gasteiger partial charge on any atom is 0.337 e. The molecule has 3 amide bonds. The van der Waals surface area contributed by atoms with Gasteiger partial charge in [0.2, 0.25) is 11.8 Å². The van der Waals surface area contributed by atoms with Crippen molar-refractivity contribution < 1.29 is 28.3 Å². The molecule has 126 valence electrons. The third kappa shape index (κ3) is 2.86. The number of halogens is 1. The van der Waals surface area contributed by atoms with Gasteiger partial charge in [-0.05, 0) is 31.0 Å². The Kier molecular flexibility index (Phi) is 4.04. The van der Waals surface area contributed by atoms with Crippen LogP contribution < -0.4 is 5.32 Å². The topological polar surface area (TPSA) is 92.8 Å². The minimum Gasteiger partial charge on any atom is -0.465 e. The van der Waals surface area contributed by atoms with Gasteiger partial charge in [-0.2, -0.15) is 0 Å². The van der Waals surface area contributed by atoms with Crippen molar-refractivity contribution >= 4 is 23.7 Å². The molecule has 0 aromatic heterocycles. The van der Waals surface area contributed by atoms with Gasteiger partial charge in [0, 0.05) is 6.04 Å². The van der Waals surface area contributed by atoms with Crippen LogP contribution in [0.1, 0.15) is 40.0 Å². The average Bonchev–Trinajstić information content (AvgIpc) is 3.32. The van der Waals surface area contributed by atoms with Gasteiger partial charge in [-0.3, -0.25) is 19.7 Å². The van der Waals surface area contributed by atoms with E-state index in [4.69, 9.17) is 0 Å². The number of rotatable bonds is 4. The Morgan fingerprint density at radius 3 is 2.50 bits per heavy atom. The highest BCUT2D eigenvalue weighted by Crippen LogP contribution is 2.32. The number of methoxy groups -OCH3 is 1. The number of hydrogen-bond donors (Lipinski definition) is 1. The Labute approximate surface area is 136 Å². The molecule has 1 saturated heterocycles. The lowest BCUT2D eigenvalue weighted by Crippen LogP contribution is -2.46. The molecule has 0 bridgehead atoms. The van der Waals surface area contributed by atoms with Gasteiger partial charge in [0.15, 0.2) is 0 Å². The third-order valence-corrected chi connectivity index (χ3v) is 4.08. The lowest BCUT2D eigenvalue weighted by molar-refractivity contribution is -0.126. The zero-order valence-electron chi connectivity index (χ0n) is 12.9. The molecule has 1 aliphatic carbocycles. The largest absolute Gasteiger partial charge is 0.465 e. The molecule has 0 spiro atoms. The minimum absolute atomic E-state index is 0.0155. The summed E-state index contributed by atoms with van der Waals surface area (Å²) in [5.74, 6) is -3.26. The fourth-order valence-corrected chi connectivity index (χ4v) is 2.75. The van der Waals surface area contributed by atoms with E-state index in [-0.39, 0.29) is 23.6 Å². The highest BCUT2D eigenvalue weighted by molar-refractivity contribution is 6.08. The van der Waals surface area contributed by atoms with Crippen molar-refractivity contribution in [1.82, 2.24) is 10.2 Å². The Hall–Kier alpha value is -2.77. The van der Waals surface area contributed by atoms with Crippen LogP contribution >= 0.6 is 0 Å². The Bertz CT molecular complexity index is 744. The summed E-state index contributed by atoms with van der Waals surface area (Å²) in [6.45, 7) is 0. The number of esters is 1. The molecule has 8 heteroatoms. The average molecular weight is 334 g/mol. The molecule has 1 N–H and O–H groups in total. The predicted molar refractivity (Wildman–Crippen MR) is 78.5 cm³/mol. The molecule has 1 heterocycles. The monoisotopic (exact) mass is 334 g/mol. The van der Waals surface area contributed by atoms with E-state index in [1.165, 1.54) is 24.1 Å². The molecule has 2 aliphatic rings. The van der Waals surface area contributed by atoms with E-state index >= 15 is 0 Å².